The van der Waals surface area contributed by atoms with E-state index in [1.54, 1.807) is 0 Å². The van der Waals surface area contributed by atoms with E-state index in [0.717, 1.165) is 55.0 Å². The second kappa shape index (κ2) is 6.47. The minimum absolute atomic E-state index is 0.0112. The summed E-state index contributed by atoms with van der Waals surface area (Å²) in [5.74, 6) is 1.12. The molecule has 3 fully saturated rings. The highest BCUT2D eigenvalue weighted by Gasteiger charge is 2.47. The topological polar surface area (TPSA) is 40.6 Å². The van der Waals surface area contributed by atoms with Gasteiger partial charge in [-0.3, -0.25) is 9.59 Å². The molecule has 2 aliphatic heterocycles. The maximum Gasteiger partial charge on any atom is 0.253 e. The molecule has 25 heavy (non-hydrogen) atoms. The number of likely N-dealkylation sites (tertiary alicyclic amines) is 2. The largest absolute Gasteiger partial charge is 0.339 e. The molecule has 2 amide bonds. The number of amides is 2. The van der Waals surface area contributed by atoms with E-state index in [9.17, 15) is 9.59 Å². The van der Waals surface area contributed by atoms with Crippen LogP contribution in [0.3, 0.4) is 0 Å². The summed E-state index contributed by atoms with van der Waals surface area (Å²) in [6.45, 7) is 6.31. The first kappa shape index (κ1) is 16.6. The average molecular weight is 340 g/mol. The molecule has 1 aliphatic carbocycles. The Hall–Kier alpha value is -1.84. The molecule has 134 valence electrons. The molecule has 1 aromatic carbocycles. The Labute approximate surface area is 150 Å². The third kappa shape index (κ3) is 3.31. The normalized spacial score (nSPS) is 28.5. The van der Waals surface area contributed by atoms with Crippen molar-refractivity contribution in [2.75, 3.05) is 19.6 Å². The lowest BCUT2D eigenvalue weighted by Gasteiger charge is -2.36. The predicted octanol–water partition coefficient (Wildman–Crippen LogP) is 3.17. The van der Waals surface area contributed by atoms with Gasteiger partial charge in [-0.25, -0.2) is 0 Å². The molecule has 4 heteroatoms. The van der Waals surface area contributed by atoms with Crippen LogP contribution in [0.2, 0.25) is 0 Å². The molecule has 1 aromatic rings. The van der Waals surface area contributed by atoms with Crippen molar-refractivity contribution in [3.05, 3.63) is 34.9 Å². The Morgan fingerprint density at radius 1 is 1.00 bits per heavy atom. The molecular weight excluding hydrogens is 312 g/mol. The van der Waals surface area contributed by atoms with E-state index in [0.29, 0.717) is 18.5 Å². The van der Waals surface area contributed by atoms with Crippen molar-refractivity contribution >= 4 is 11.8 Å². The molecule has 3 unspecified atom stereocenters. The second-order valence-corrected chi connectivity index (χ2v) is 8.20. The maximum atomic E-state index is 13.0. The van der Waals surface area contributed by atoms with Gasteiger partial charge in [-0.05, 0) is 64.0 Å². The summed E-state index contributed by atoms with van der Waals surface area (Å²) in [6, 6.07) is 6.51. The summed E-state index contributed by atoms with van der Waals surface area (Å²) >= 11 is 0. The Balaban J connectivity index is 1.45. The van der Waals surface area contributed by atoms with Crippen LogP contribution < -0.4 is 0 Å². The van der Waals surface area contributed by atoms with Crippen molar-refractivity contribution in [1.82, 2.24) is 9.80 Å². The highest BCUT2D eigenvalue weighted by molar-refractivity contribution is 5.95. The number of piperidine rings is 2. The van der Waals surface area contributed by atoms with Gasteiger partial charge in [-0.15, -0.1) is 0 Å². The van der Waals surface area contributed by atoms with Crippen LogP contribution in [0.25, 0.3) is 0 Å². The van der Waals surface area contributed by atoms with Crippen LogP contribution in [0.5, 0.6) is 0 Å². The van der Waals surface area contributed by atoms with Gasteiger partial charge in [0.2, 0.25) is 5.91 Å². The maximum absolute atomic E-state index is 13.0. The molecule has 0 N–H and O–H groups in total. The van der Waals surface area contributed by atoms with E-state index in [4.69, 9.17) is 0 Å². The zero-order valence-electron chi connectivity index (χ0n) is 15.3. The fourth-order valence-electron chi connectivity index (χ4n) is 4.77. The third-order valence-corrected chi connectivity index (χ3v) is 6.07. The summed E-state index contributed by atoms with van der Waals surface area (Å²) in [6.07, 6.45) is 5.48. The van der Waals surface area contributed by atoms with Crippen molar-refractivity contribution in [3.8, 4) is 0 Å². The third-order valence-electron chi connectivity index (χ3n) is 6.07. The second-order valence-electron chi connectivity index (χ2n) is 8.20. The molecule has 0 bridgehead atoms. The van der Waals surface area contributed by atoms with Crippen molar-refractivity contribution in [2.24, 2.45) is 11.8 Å². The molecule has 2 heterocycles. The van der Waals surface area contributed by atoms with Gasteiger partial charge in [0.1, 0.15) is 0 Å². The minimum Gasteiger partial charge on any atom is -0.339 e. The zero-order chi connectivity index (χ0) is 17.6. The van der Waals surface area contributed by atoms with Gasteiger partial charge in [0.05, 0.1) is 5.92 Å². The fourth-order valence-corrected chi connectivity index (χ4v) is 4.77. The highest BCUT2D eigenvalue weighted by atomic mass is 16.2. The van der Waals surface area contributed by atoms with Crippen LogP contribution in [-0.4, -0.2) is 47.3 Å². The number of benzene rings is 1. The monoisotopic (exact) mass is 340 g/mol. The summed E-state index contributed by atoms with van der Waals surface area (Å²) in [5.41, 5.74) is 2.98. The van der Waals surface area contributed by atoms with Crippen molar-refractivity contribution < 1.29 is 9.59 Å². The minimum atomic E-state index is -0.0112. The highest BCUT2D eigenvalue weighted by Crippen LogP contribution is 2.43. The Morgan fingerprint density at radius 3 is 2.48 bits per heavy atom. The van der Waals surface area contributed by atoms with Crippen molar-refractivity contribution in [1.29, 1.82) is 0 Å². The molecule has 1 saturated carbocycles. The van der Waals surface area contributed by atoms with Crippen molar-refractivity contribution in [2.45, 2.75) is 52.0 Å². The van der Waals surface area contributed by atoms with Gasteiger partial charge in [-0.1, -0.05) is 17.2 Å². The molecule has 3 aliphatic rings. The SMILES string of the molecule is Cc1cc(C)cc(C(=O)N2CCCC(C(=O)N3CCCC4CC43)C2)c1. The molecule has 4 nitrogen and oxygen atoms in total. The Bertz CT molecular complexity index is 679. The van der Waals surface area contributed by atoms with Gasteiger partial charge in [0.25, 0.3) is 5.91 Å². The van der Waals surface area contributed by atoms with Crippen LogP contribution in [0.15, 0.2) is 18.2 Å². The number of carbonyl (C=O) groups is 2. The molecule has 4 rings (SSSR count). The van der Waals surface area contributed by atoms with E-state index in [1.807, 2.05) is 30.9 Å². The lowest BCUT2D eigenvalue weighted by atomic mass is 9.94. The van der Waals surface area contributed by atoms with Gasteiger partial charge >= 0.3 is 0 Å². The number of rotatable bonds is 2. The fraction of sp³-hybridized carbons (Fsp3) is 0.619. The summed E-state index contributed by atoms with van der Waals surface area (Å²) in [5, 5.41) is 0. The van der Waals surface area contributed by atoms with E-state index < -0.39 is 0 Å². The van der Waals surface area contributed by atoms with E-state index >= 15 is 0 Å². The average Bonchev–Trinajstić information content (AvgIpc) is 3.39. The first-order valence-electron chi connectivity index (χ1n) is 9.71. The van der Waals surface area contributed by atoms with Gasteiger partial charge < -0.3 is 9.80 Å². The van der Waals surface area contributed by atoms with Crippen LogP contribution in [-0.2, 0) is 4.79 Å². The first-order chi connectivity index (χ1) is 12.0. The van der Waals surface area contributed by atoms with Crippen LogP contribution in [0, 0.1) is 25.7 Å². The number of nitrogens with zero attached hydrogens (tertiary/aromatic N) is 2. The zero-order valence-corrected chi connectivity index (χ0v) is 15.3. The molecule has 2 saturated heterocycles. The van der Waals surface area contributed by atoms with E-state index in [1.165, 1.54) is 12.8 Å². The standard InChI is InChI=1S/C21H28N2O2/c1-14-9-15(2)11-18(10-14)20(24)22-7-3-6-17(13-22)21(25)23-8-4-5-16-12-19(16)23/h9-11,16-17,19H,3-8,12-13H2,1-2H3. The van der Waals surface area contributed by atoms with Gasteiger partial charge in [0, 0.05) is 31.2 Å². The van der Waals surface area contributed by atoms with E-state index in [-0.39, 0.29) is 11.8 Å². The van der Waals surface area contributed by atoms with Crippen LogP contribution >= 0.6 is 0 Å². The predicted molar refractivity (Wildman–Crippen MR) is 97.4 cm³/mol. The number of hydrogen-bond acceptors (Lipinski definition) is 2. The summed E-state index contributed by atoms with van der Waals surface area (Å²) < 4.78 is 0. The van der Waals surface area contributed by atoms with Gasteiger partial charge in [-0.2, -0.15) is 0 Å². The molecule has 0 spiro atoms. The number of fused-ring (bicyclic) bond motifs is 1. The van der Waals surface area contributed by atoms with Crippen molar-refractivity contribution in [3.63, 3.8) is 0 Å². The quantitative estimate of drug-likeness (QED) is 0.830. The molecule has 0 radical (unpaired) electrons. The number of hydrogen-bond donors (Lipinski definition) is 0. The molecule has 3 atom stereocenters. The first-order valence-corrected chi connectivity index (χ1v) is 9.71. The summed E-state index contributed by atoms with van der Waals surface area (Å²) in [7, 11) is 0. The number of aryl methyl sites for hydroxylation is 2. The molecular formula is C21H28N2O2. The lowest BCUT2D eigenvalue weighted by Crippen LogP contribution is -2.48. The Morgan fingerprint density at radius 2 is 1.72 bits per heavy atom. The van der Waals surface area contributed by atoms with Crippen LogP contribution in [0.1, 0.15) is 53.6 Å². The van der Waals surface area contributed by atoms with E-state index in [2.05, 4.69) is 11.0 Å². The Kier molecular flexibility index (Phi) is 4.30. The molecule has 0 aromatic heterocycles. The number of carbonyl (C=O) groups excluding carboxylic acids is 2. The lowest BCUT2D eigenvalue weighted by molar-refractivity contribution is -0.138. The smallest absolute Gasteiger partial charge is 0.253 e. The van der Waals surface area contributed by atoms with Gasteiger partial charge in [0.15, 0.2) is 0 Å². The van der Waals surface area contributed by atoms with Crippen LogP contribution in [0.4, 0.5) is 0 Å². The summed E-state index contributed by atoms with van der Waals surface area (Å²) in [4.78, 5) is 29.9.